The summed E-state index contributed by atoms with van der Waals surface area (Å²) < 4.78 is 5.24. The highest BCUT2D eigenvalue weighted by Gasteiger charge is 2.34. The number of allylic oxidation sites excluding steroid dienone is 2. The molecule has 0 N–H and O–H groups in total. The molecule has 0 aromatic heterocycles. The first-order valence-electron chi connectivity index (χ1n) is 5.18. The molecule has 0 heterocycles. The Bertz CT molecular complexity index is 291. The van der Waals surface area contributed by atoms with E-state index in [1.807, 2.05) is 0 Å². The molecule has 0 aromatic rings. The lowest BCUT2D eigenvalue weighted by atomic mass is 9.77. The van der Waals surface area contributed by atoms with Gasteiger partial charge in [0, 0.05) is 13.3 Å². The van der Waals surface area contributed by atoms with Gasteiger partial charge in [-0.05, 0) is 24.7 Å². The first-order valence-corrected chi connectivity index (χ1v) is 5.18. The van der Waals surface area contributed by atoms with Crippen molar-refractivity contribution in [1.29, 1.82) is 0 Å². The van der Waals surface area contributed by atoms with Crippen molar-refractivity contribution in [2.45, 2.75) is 32.3 Å². The highest BCUT2D eigenvalue weighted by molar-refractivity contribution is 5.66. The minimum Gasteiger partial charge on any atom is -0.462 e. The first-order chi connectivity index (χ1) is 6.66. The van der Waals surface area contributed by atoms with Crippen LogP contribution in [0.5, 0.6) is 0 Å². The van der Waals surface area contributed by atoms with E-state index in [1.165, 1.54) is 12.5 Å². The van der Waals surface area contributed by atoms with Crippen LogP contribution in [0.2, 0.25) is 0 Å². The number of fused-ring (bicyclic) bond motifs is 1. The monoisotopic (exact) mass is 192 g/mol. The first kappa shape index (κ1) is 9.50. The van der Waals surface area contributed by atoms with Gasteiger partial charge in [-0.15, -0.1) is 0 Å². The Hall–Kier alpha value is -1.05. The maximum atomic E-state index is 10.8. The highest BCUT2D eigenvalue weighted by atomic mass is 16.5. The van der Waals surface area contributed by atoms with Crippen LogP contribution in [0.15, 0.2) is 24.3 Å². The summed E-state index contributed by atoms with van der Waals surface area (Å²) in [6.45, 7) is 5.55. The van der Waals surface area contributed by atoms with E-state index in [1.54, 1.807) is 0 Å². The number of esters is 1. The van der Waals surface area contributed by atoms with Crippen molar-refractivity contribution < 1.29 is 9.53 Å². The van der Waals surface area contributed by atoms with Crippen molar-refractivity contribution in [2.24, 2.45) is 11.8 Å². The summed E-state index contributed by atoms with van der Waals surface area (Å²) in [7, 11) is 0. The largest absolute Gasteiger partial charge is 0.462 e. The third-order valence-corrected chi connectivity index (χ3v) is 3.17. The van der Waals surface area contributed by atoms with E-state index in [9.17, 15) is 4.79 Å². The van der Waals surface area contributed by atoms with Gasteiger partial charge in [0.2, 0.25) is 0 Å². The number of rotatable bonds is 1. The Labute approximate surface area is 84.6 Å². The van der Waals surface area contributed by atoms with Crippen LogP contribution in [-0.2, 0) is 9.53 Å². The maximum Gasteiger partial charge on any atom is 0.302 e. The van der Waals surface area contributed by atoms with Crippen molar-refractivity contribution >= 4 is 5.97 Å². The lowest BCUT2D eigenvalue weighted by Gasteiger charge is -2.32. The zero-order valence-corrected chi connectivity index (χ0v) is 8.53. The van der Waals surface area contributed by atoms with Crippen LogP contribution >= 0.6 is 0 Å². The normalized spacial score (nSPS) is 35.5. The van der Waals surface area contributed by atoms with Crippen molar-refractivity contribution in [1.82, 2.24) is 0 Å². The number of hydrogen-bond donors (Lipinski definition) is 0. The maximum absolute atomic E-state index is 10.8. The predicted molar refractivity (Wildman–Crippen MR) is 54.7 cm³/mol. The number of ether oxygens (including phenoxy) is 1. The second-order valence-corrected chi connectivity index (χ2v) is 4.26. The SMILES string of the molecule is C=C1CC(OC(C)=O)CC2C=CCC12. The lowest BCUT2D eigenvalue weighted by Crippen LogP contribution is -2.29. The Morgan fingerprint density at radius 3 is 3.14 bits per heavy atom. The molecule has 2 aliphatic rings. The molecule has 1 fully saturated rings. The molecular formula is C12H16O2. The summed E-state index contributed by atoms with van der Waals surface area (Å²) in [6.07, 6.45) is 7.46. The van der Waals surface area contributed by atoms with Gasteiger partial charge in [-0.3, -0.25) is 4.79 Å². The zero-order valence-electron chi connectivity index (χ0n) is 8.53. The summed E-state index contributed by atoms with van der Waals surface area (Å²) in [4.78, 5) is 10.8. The molecule has 14 heavy (non-hydrogen) atoms. The van der Waals surface area contributed by atoms with Crippen molar-refractivity contribution in [3.63, 3.8) is 0 Å². The molecule has 0 bridgehead atoms. The molecule has 3 atom stereocenters. The van der Waals surface area contributed by atoms with Crippen LogP contribution in [-0.4, -0.2) is 12.1 Å². The Balaban J connectivity index is 2.01. The van der Waals surface area contributed by atoms with E-state index >= 15 is 0 Å². The third-order valence-electron chi connectivity index (χ3n) is 3.17. The lowest BCUT2D eigenvalue weighted by molar-refractivity contribution is -0.147. The van der Waals surface area contributed by atoms with Crippen LogP contribution in [0.1, 0.15) is 26.2 Å². The Kier molecular flexibility index (Phi) is 2.44. The van der Waals surface area contributed by atoms with Crippen LogP contribution in [0.4, 0.5) is 0 Å². The van der Waals surface area contributed by atoms with Crippen LogP contribution < -0.4 is 0 Å². The average Bonchev–Trinajstić information content (AvgIpc) is 2.50. The molecule has 3 unspecified atom stereocenters. The number of carbonyl (C=O) groups is 1. The fourth-order valence-electron chi connectivity index (χ4n) is 2.58. The molecule has 0 radical (unpaired) electrons. The average molecular weight is 192 g/mol. The smallest absolute Gasteiger partial charge is 0.302 e. The van der Waals surface area contributed by atoms with Gasteiger partial charge in [-0.1, -0.05) is 24.3 Å². The summed E-state index contributed by atoms with van der Waals surface area (Å²) in [5, 5.41) is 0. The summed E-state index contributed by atoms with van der Waals surface area (Å²) in [5.41, 5.74) is 1.25. The quantitative estimate of drug-likeness (QED) is 0.471. The standard InChI is InChI=1S/C12H16O2/c1-8-6-11(14-9(2)13)7-10-4-3-5-12(8)10/h3-4,10-12H,1,5-7H2,2H3. The molecule has 0 saturated heterocycles. The van der Waals surface area contributed by atoms with Crippen molar-refractivity contribution in [2.75, 3.05) is 0 Å². The molecule has 0 amide bonds. The molecule has 2 heteroatoms. The van der Waals surface area contributed by atoms with Crippen LogP contribution in [0.25, 0.3) is 0 Å². The van der Waals surface area contributed by atoms with Gasteiger partial charge in [0.15, 0.2) is 0 Å². The number of hydrogen-bond acceptors (Lipinski definition) is 2. The topological polar surface area (TPSA) is 26.3 Å². The minimum absolute atomic E-state index is 0.0593. The van der Waals surface area contributed by atoms with E-state index in [0.717, 1.165) is 19.3 Å². The van der Waals surface area contributed by atoms with Crippen molar-refractivity contribution in [3.8, 4) is 0 Å². The molecule has 76 valence electrons. The van der Waals surface area contributed by atoms with Gasteiger partial charge in [0.25, 0.3) is 0 Å². The van der Waals surface area contributed by atoms with Gasteiger partial charge < -0.3 is 4.74 Å². The third kappa shape index (κ3) is 1.74. The van der Waals surface area contributed by atoms with E-state index in [4.69, 9.17) is 4.74 Å². The van der Waals surface area contributed by atoms with E-state index in [0.29, 0.717) is 11.8 Å². The van der Waals surface area contributed by atoms with E-state index in [-0.39, 0.29) is 12.1 Å². The number of carbonyl (C=O) groups excluding carboxylic acids is 1. The van der Waals surface area contributed by atoms with Crippen LogP contribution in [0.3, 0.4) is 0 Å². The Morgan fingerprint density at radius 2 is 2.43 bits per heavy atom. The molecule has 2 nitrogen and oxygen atoms in total. The summed E-state index contributed by atoms with van der Waals surface area (Å²) >= 11 is 0. The summed E-state index contributed by atoms with van der Waals surface area (Å²) in [5.74, 6) is 0.991. The summed E-state index contributed by atoms with van der Waals surface area (Å²) in [6, 6.07) is 0. The van der Waals surface area contributed by atoms with Gasteiger partial charge in [0.1, 0.15) is 6.10 Å². The minimum atomic E-state index is -0.178. The molecule has 2 rings (SSSR count). The van der Waals surface area contributed by atoms with E-state index in [2.05, 4.69) is 18.7 Å². The zero-order chi connectivity index (χ0) is 10.1. The predicted octanol–water partition coefficient (Wildman–Crippen LogP) is 2.46. The highest BCUT2D eigenvalue weighted by Crippen LogP contribution is 2.41. The second-order valence-electron chi connectivity index (χ2n) is 4.26. The van der Waals surface area contributed by atoms with Gasteiger partial charge in [0.05, 0.1) is 0 Å². The molecule has 2 aliphatic carbocycles. The van der Waals surface area contributed by atoms with E-state index < -0.39 is 0 Å². The fraction of sp³-hybridized carbons (Fsp3) is 0.583. The molecule has 0 spiro atoms. The second kappa shape index (κ2) is 3.60. The fourth-order valence-corrected chi connectivity index (χ4v) is 2.58. The molecule has 0 aliphatic heterocycles. The van der Waals surface area contributed by atoms with Gasteiger partial charge in [-0.25, -0.2) is 0 Å². The van der Waals surface area contributed by atoms with Crippen LogP contribution in [0, 0.1) is 11.8 Å². The van der Waals surface area contributed by atoms with Gasteiger partial charge in [-0.2, -0.15) is 0 Å². The van der Waals surface area contributed by atoms with Crippen molar-refractivity contribution in [3.05, 3.63) is 24.3 Å². The van der Waals surface area contributed by atoms with Gasteiger partial charge >= 0.3 is 5.97 Å². The molecular weight excluding hydrogens is 176 g/mol. The Morgan fingerprint density at radius 1 is 1.64 bits per heavy atom. The molecule has 1 saturated carbocycles. The molecule has 0 aromatic carbocycles.